The minimum absolute atomic E-state index is 0.140. The first-order valence-corrected chi connectivity index (χ1v) is 6.10. The summed E-state index contributed by atoms with van der Waals surface area (Å²) in [7, 11) is -3.16. The second-order valence-electron chi connectivity index (χ2n) is 3.39. The molecule has 1 aliphatic heterocycles. The molecule has 1 aromatic rings. The third-order valence-corrected chi connectivity index (χ3v) is 3.34. The zero-order valence-corrected chi connectivity index (χ0v) is 8.54. The average molecular weight is 213 g/mol. The van der Waals surface area contributed by atoms with Gasteiger partial charge in [-0.15, -0.1) is 0 Å². The third kappa shape index (κ3) is 1.49. The number of rotatable bonds is 1. The van der Waals surface area contributed by atoms with Crippen molar-refractivity contribution in [3.05, 3.63) is 23.8 Å². The molecule has 4 nitrogen and oxygen atoms in total. The quantitative estimate of drug-likeness (QED) is 0.736. The zero-order valence-electron chi connectivity index (χ0n) is 7.73. The Morgan fingerprint density at radius 2 is 2.21 bits per heavy atom. The first kappa shape index (κ1) is 9.48. The van der Waals surface area contributed by atoms with Crippen molar-refractivity contribution >= 4 is 9.84 Å². The Hall–Kier alpha value is -1.07. The Morgan fingerprint density at radius 3 is 2.86 bits per heavy atom. The molecule has 2 rings (SSSR count). The van der Waals surface area contributed by atoms with E-state index in [-0.39, 0.29) is 10.9 Å². The van der Waals surface area contributed by atoms with Crippen LogP contribution in [0.5, 0.6) is 5.75 Å². The molecule has 1 atom stereocenters. The van der Waals surface area contributed by atoms with Crippen LogP contribution < -0.4 is 10.5 Å². The van der Waals surface area contributed by atoms with Gasteiger partial charge < -0.3 is 10.5 Å². The van der Waals surface area contributed by atoms with Crippen LogP contribution in [0, 0.1) is 0 Å². The van der Waals surface area contributed by atoms with Crippen LogP contribution in [0.3, 0.4) is 0 Å². The summed E-state index contributed by atoms with van der Waals surface area (Å²) in [6, 6.07) is 4.66. The highest BCUT2D eigenvalue weighted by Crippen LogP contribution is 2.32. The number of benzene rings is 1. The van der Waals surface area contributed by atoms with Gasteiger partial charge in [0.25, 0.3) is 0 Å². The van der Waals surface area contributed by atoms with E-state index in [2.05, 4.69) is 0 Å². The molecule has 76 valence electrons. The third-order valence-electron chi connectivity index (χ3n) is 2.23. The molecule has 0 saturated carbocycles. The van der Waals surface area contributed by atoms with Crippen LogP contribution in [0.2, 0.25) is 0 Å². The topological polar surface area (TPSA) is 69.4 Å². The van der Waals surface area contributed by atoms with E-state index in [1.54, 1.807) is 12.1 Å². The minimum atomic E-state index is -3.16. The van der Waals surface area contributed by atoms with Crippen LogP contribution in [0.1, 0.15) is 11.6 Å². The monoisotopic (exact) mass is 213 g/mol. The first-order chi connectivity index (χ1) is 6.48. The lowest BCUT2D eigenvalue weighted by Gasteiger charge is -2.02. The number of nitrogens with two attached hydrogens (primary N) is 1. The van der Waals surface area contributed by atoms with Crippen molar-refractivity contribution in [3.8, 4) is 5.75 Å². The molecule has 5 heteroatoms. The van der Waals surface area contributed by atoms with E-state index in [1.165, 1.54) is 12.3 Å². The van der Waals surface area contributed by atoms with Gasteiger partial charge in [-0.25, -0.2) is 8.42 Å². The molecule has 0 bridgehead atoms. The Morgan fingerprint density at radius 1 is 1.50 bits per heavy atom. The molecule has 0 aromatic heterocycles. The zero-order chi connectivity index (χ0) is 10.3. The number of sulfone groups is 1. The molecule has 0 spiro atoms. The molecular weight excluding hydrogens is 202 g/mol. The lowest BCUT2D eigenvalue weighted by Crippen LogP contribution is -2.10. The lowest BCUT2D eigenvalue weighted by molar-refractivity contribution is 0.332. The van der Waals surface area contributed by atoms with Crippen molar-refractivity contribution < 1.29 is 13.2 Å². The number of hydrogen-bond acceptors (Lipinski definition) is 4. The van der Waals surface area contributed by atoms with Crippen LogP contribution in [0.4, 0.5) is 0 Å². The Kier molecular flexibility index (Phi) is 2.01. The average Bonchev–Trinajstić information content (AvgIpc) is 2.46. The minimum Gasteiger partial charge on any atom is -0.491 e. The maximum atomic E-state index is 11.2. The molecule has 0 saturated heterocycles. The molecule has 1 heterocycles. The van der Waals surface area contributed by atoms with E-state index in [9.17, 15) is 8.42 Å². The molecule has 0 aliphatic carbocycles. The second kappa shape index (κ2) is 2.96. The van der Waals surface area contributed by atoms with Crippen LogP contribution in [-0.2, 0) is 9.84 Å². The highest BCUT2D eigenvalue weighted by atomic mass is 32.2. The first-order valence-electron chi connectivity index (χ1n) is 4.21. The summed E-state index contributed by atoms with van der Waals surface area (Å²) < 4.78 is 27.7. The summed E-state index contributed by atoms with van der Waals surface area (Å²) in [5.74, 6) is 0.584. The maximum absolute atomic E-state index is 11.2. The van der Waals surface area contributed by atoms with Gasteiger partial charge in [-0.05, 0) is 12.1 Å². The summed E-state index contributed by atoms with van der Waals surface area (Å²) in [4.78, 5) is 0.269. The SMILES string of the molecule is CS(=O)(=O)c1ccc2c(c1)OC[C@H]2N. The molecule has 0 unspecified atom stereocenters. The van der Waals surface area contributed by atoms with Gasteiger partial charge in [0.2, 0.25) is 0 Å². The van der Waals surface area contributed by atoms with Gasteiger partial charge in [-0.3, -0.25) is 0 Å². The smallest absolute Gasteiger partial charge is 0.175 e. The summed E-state index contributed by atoms with van der Waals surface area (Å²) in [5, 5.41) is 0. The summed E-state index contributed by atoms with van der Waals surface area (Å²) >= 11 is 0. The molecule has 14 heavy (non-hydrogen) atoms. The van der Waals surface area contributed by atoms with Gasteiger partial charge in [-0.1, -0.05) is 6.07 Å². The van der Waals surface area contributed by atoms with Crippen molar-refractivity contribution in [2.45, 2.75) is 10.9 Å². The van der Waals surface area contributed by atoms with Crippen LogP contribution in [0.15, 0.2) is 23.1 Å². The van der Waals surface area contributed by atoms with Crippen molar-refractivity contribution in [2.75, 3.05) is 12.9 Å². The van der Waals surface area contributed by atoms with E-state index in [0.29, 0.717) is 12.4 Å². The summed E-state index contributed by atoms with van der Waals surface area (Å²) in [6.45, 7) is 0.419. The Labute approximate surface area is 82.6 Å². The maximum Gasteiger partial charge on any atom is 0.175 e. The van der Waals surface area contributed by atoms with Gasteiger partial charge in [0, 0.05) is 11.8 Å². The van der Waals surface area contributed by atoms with Crippen LogP contribution in [0.25, 0.3) is 0 Å². The van der Waals surface area contributed by atoms with Gasteiger partial charge >= 0.3 is 0 Å². The molecule has 1 aromatic carbocycles. The molecule has 1 aliphatic rings. The molecular formula is C9H11NO3S. The van der Waals surface area contributed by atoms with Crippen LogP contribution >= 0.6 is 0 Å². The van der Waals surface area contributed by atoms with E-state index in [0.717, 1.165) is 5.56 Å². The Balaban J connectivity index is 2.53. The van der Waals surface area contributed by atoms with Gasteiger partial charge in [0.05, 0.1) is 10.9 Å². The van der Waals surface area contributed by atoms with Gasteiger partial charge in [-0.2, -0.15) is 0 Å². The van der Waals surface area contributed by atoms with Gasteiger partial charge in [0.15, 0.2) is 9.84 Å². The van der Waals surface area contributed by atoms with Crippen molar-refractivity contribution in [2.24, 2.45) is 5.73 Å². The van der Waals surface area contributed by atoms with Gasteiger partial charge in [0.1, 0.15) is 12.4 Å². The van der Waals surface area contributed by atoms with E-state index in [4.69, 9.17) is 10.5 Å². The fraction of sp³-hybridized carbons (Fsp3) is 0.333. The van der Waals surface area contributed by atoms with Crippen molar-refractivity contribution in [1.29, 1.82) is 0 Å². The highest BCUT2D eigenvalue weighted by molar-refractivity contribution is 7.90. The standard InChI is InChI=1S/C9H11NO3S/c1-14(11,12)6-2-3-7-8(10)5-13-9(7)4-6/h2-4,8H,5,10H2,1H3/t8-/m1/s1. The normalized spacial score (nSPS) is 20.3. The van der Waals surface area contributed by atoms with Crippen molar-refractivity contribution in [1.82, 2.24) is 0 Å². The lowest BCUT2D eigenvalue weighted by atomic mass is 10.1. The van der Waals surface area contributed by atoms with E-state index < -0.39 is 9.84 Å². The van der Waals surface area contributed by atoms with E-state index in [1.807, 2.05) is 0 Å². The summed E-state index contributed by atoms with van der Waals surface area (Å²) in [5.41, 5.74) is 6.60. The Bertz CT molecular complexity index is 467. The summed E-state index contributed by atoms with van der Waals surface area (Å²) in [6.07, 6.45) is 1.17. The number of hydrogen-bond donors (Lipinski definition) is 1. The molecule has 0 radical (unpaired) electrons. The molecule has 0 fully saturated rings. The predicted molar refractivity (Wildman–Crippen MR) is 52.0 cm³/mol. The fourth-order valence-corrected chi connectivity index (χ4v) is 2.08. The fourth-order valence-electron chi connectivity index (χ4n) is 1.45. The number of fused-ring (bicyclic) bond motifs is 1. The largest absolute Gasteiger partial charge is 0.491 e. The highest BCUT2D eigenvalue weighted by Gasteiger charge is 2.22. The van der Waals surface area contributed by atoms with E-state index >= 15 is 0 Å². The molecule has 2 N–H and O–H groups in total. The molecule has 0 amide bonds. The van der Waals surface area contributed by atoms with Crippen molar-refractivity contribution in [3.63, 3.8) is 0 Å². The predicted octanol–water partition coefficient (Wildman–Crippen LogP) is 0.482. The number of ether oxygens (including phenoxy) is 1. The second-order valence-corrected chi connectivity index (χ2v) is 5.41. The van der Waals surface area contributed by atoms with Crippen LogP contribution in [-0.4, -0.2) is 21.3 Å².